The van der Waals surface area contributed by atoms with E-state index in [9.17, 15) is 8.78 Å². The van der Waals surface area contributed by atoms with E-state index in [1.165, 1.54) is 0 Å². The summed E-state index contributed by atoms with van der Waals surface area (Å²) in [6.45, 7) is 4.01. The predicted molar refractivity (Wildman–Crippen MR) is 49.0 cm³/mol. The molecule has 0 amide bonds. The maximum Gasteiger partial charge on any atom is 0.251 e. The summed E-state index contributed by atoms with van der Waals surface area (Å²) >= 11 is 0. The third kappa shape index (κ3) is 5.16. The van der Waals surface area contributed by atoms with Crippen LogP contribution >= 0.6 is 0 Å². The zero-order chi connectivity index (χ0) is 10.3. The molecule has 0 saturated heterocycles. The standard InChI is InChI=1S/C9H19F2NO/c1-3-8(4-2)12(5-6-13)7-9(10)11/h8-9,13H,3-7H2,1-2H3. The first-order chi connectivity index (χ1) is 6.15. The molecule has 0 aliphatic heterocycles. The maximum absolute atomic E-state index is 12.1. The summed E-state index contributed by atoms with van der Waals surface area (Å²) in [5.41, 5.74) is 0. The number of nitrogens with zero attached hydrogens (tertiary/aromatic N) is 1. The second kappa shape index (κ2) is 7.21. The van der Waals surface area contributed by atoms with Gasteiger partial charge in [-0.3, -0.25) is 4.90 Å². The molecule has 0 atom stereocenters. The molecule has 2 nitrogen and oxygen atoms in total. The van der Waals surface area contributed by atoms with Gasteiger partial charge in [0.1, 0.15) is 0 Å². The molecule has 0 saturated carbocycles. The van der Waals surface area contributed by atoms with Crippen molar-refractivity contribution in [1.82, 2.24) is 4.90 Å². The van der Waals surface area contributed by atoms with E-state index in [-0.39, 0.29) is 19.2 Å². The summed E-state index contributed by atoms with van der Waals surface area (Å²) in [4.78, 5) is 1.66. The van der Waals surface area contributed by atoms with Gasteiger partial charge in [-0.15, -0.1) is 0 Å². The number of halogens is 2. The highest BCUT2D eigenvalue weighted by Crippen LogP contribution is 2.10. The van der Waals surface area contributed by atoms with E-state index in [1.807, 2.05) is 13.8 Å². The average molecular weight is 195 g/mol. The van der Waals surface area contributed by atoms with Gasteiger partial charge in [-0.2, -0.15) is 0 Å². The van der Waals surface area contributed by atoms with E-state index in [0.717, 1.165) is 12.8 Å². The summed E-state index contributed by atoms with van der Waals surface area (Å²) in [5, 5.41) is 8.70. The Morgan fingerprint density at radius 3 is 2.08 bits per heavy atom. The summed E-state index contributed by atoms with van der Waals surface area (Å²) in [6.07, 6.45) is -0.612. The van der Waals surface area contributed by atoms with Crippen molar-refractivity contribution >= 4 is 0 Å². The predicted octanol–water partition coefficient (Wildman–Crippen LogP) is 1.73. The zero-order valence-corrected chi connectivity index (χ0v) is 8.34. The van der Waals surface area contributed by atoms with Crippen LogP contribution in [0.5, 0.6) is 0 Å². The molecular weight excluding hydrogens is 176 g/mol. The van der Waals surface area contributed by atoms with E-state index in [0.29, 0.717) is 6.54 Å². The van der Waals surface area contributed by atoms with E-state index in [1.54, 1.807) is 4.90 Å². The van der Waals surface area contributed by atoms with Crippen molar-refractivity contribution in [2.24, 2.45) is 0 Å². The minimum atomic E-state index is -2.31. The van der Waals surface area contributed by atoms with Crippen molar-refractivity contribution in [2.75, 3.05) is 19.7 Å². The average Bonchev–Trinajstić information content (AvgIpc) is 2.05. The monoisotopic (exact) mass is 195 g/mol. The lowest BCUT2D eigenvalue weighted by Crippen LogP contribution is -2.39. The number of hydrogen-bond donors (Lipinski definition) is 1. The van der Waals surface area contributed by atoms with E-state index < -0.39 is 6.43 Å². The molecule has 0 unspecified atom stereocenters. The highest BCUT2D eigenvalue weighted by Gasteiger charge is 2.18. The molecular formula is C9H19F2NO. The smallest absolute Gasteiger partial charge is 0.251 e. The van der Waals surface area contributed by atoms with Gasteiger partial charge in [0.2, 0.25) is 0 Å². The van der Waals surface area contributed by atoms with Gasteiger partial charge in [0.05, 0.1) is 13.2 Å². The summed E-state index contributed by atoms with van der Waals surface area (Å²) in [7, 11) is 0. The first-order valence-electron chi connectivity index (χ1n) is 4.78. The molecule has 0 spiro atoms. The van der Waals surface area contributed by atoms with Gasteiger partial charge in [0.15, 0.2) is 0 Å². The Labute approximate surface area is 78.5 Å². The van der Waals surface area contributed by atoms with Crippen LogP contribution in [0.25, 0.3) is 0 Å². The number of alkyl halides is 2. The van der Waals surface area contributed by atoms with Crippen molar-refractivity contribution in [3.8, 4) is 0 Å². The Balaban J connectivity index is 4.03. The molecule has 0 aliphatic carbocycles. The molecule has 0 fully saturated rings. The van der Waals surface area contributed by atoms with E-state index in [4.69, 9.17) is 5.11 Å². The van der Waals surface area contributed by atoms with Gasteiger partial charge in [0, 0.05) is 12.6 Å². The van der Waals surface area contributed by atoms with Crippen LogP contribution in [0.1, 0.15) is 26.7 Å². The lowest BCUT2D eigenvalue weighted by Gasteiger charge is -2.29. The van der Waals surface area contributed by atoms with Gasteiger partial charge in [-0.05, 0) is 12.8 Å². The quantitative estimate of drug-likeness (QED) is 0.668. The van der Waals surface area contributed by atoms with Gasteiger partial charge in [-0.1, -0.05) is 13.8 Å². The number of aliphatic hydroxyl groups is 1. The van der Waals surface area contributed by atoms with Crippen LogP contribution in [-0.4, -0.2) is 42.2 Å². The van der Waals surface area contributed by atoms with E-state index in [2.05, 4.69) is 0 Å². The van der Waals surface area contributed by atoms with Gasteiger partial charge in [-0.25, -0.2) is 8.78 Å². The molecule has 0 aromatic rings. The van der Waals surface area contributed by atoms with Gasteiger partial charge < -0.3 is 5.11 Å². The highest BCUT2D eigenvalue weighted by atomic mass is 19.3. The molecule has 0 radical (unpaired) electrons. The Hall–Kier alpha value is -0.220. The van der Waals surface area contributed by atoms with Crippen LogP contribution in [0.2, 0.25) is 0 Å². The molecule has 0 aromatic carbocycles. The van der Waals surface area contributed by atoms with Gasteiger partial charge in [0.25, 0.3) is 6.43 Å². The SMILES string of the molecule is CCC(CC)N(CCO)CC(F)F. The van der Waals surface area contributed by atoms with Crippen molar-refractivity contribution in [2.45, 2.75) is 39.2 Å². The van der Waals surface area contributed by atoms with Crippen molar-refractivity contribution < 1.29 is 13.9 Å². The van der Waals surface area contributed by atoms with Crippen molar-refractivity contribution in [3.05, 3.63) is 0 Å². The number of rotatable bonds is 7. The first-order valence-corrected chi connectivity index (χ1v) is 4.78. The molecule has 0 aromatic heterocycles. The Morgan fingerprint density at radius 1 is 1.23 bits per heavy atom. The summed E-state index contributed by atoms with van der Waals surface area (Å²) < 4.78 is 24.2. The Bertz CT molecular complexity index is 118. The maximum atomic E-state index is 12.1. The van der Waals surface area contributed by atoms with Crippen LogP contribution in [-0.2, 0) is 0 Å². The summed E-state index contributed by atoms with van der Waals surface area (Å²) in [6, 6.07) is 0.168. The van der Waals surface area contributed by atoms with Crippen LogP contribution in [0.15, 0.2) is 0 Å². The Morgan fingerprint density at radius 2 is 1.77 bits per heavy atom. The normalized spacial score (nSPS) is 12.0. The van der Waals surface area contributed by atoms with Gasteiger partial charge >= 0.3 is 0 Å². The second-order valence-electron chi connectivity index (χ2n) is 3.08. The van der Waals surface area contributed by atoms with Crippen LogP contribution in [0, 0.1) is 0 Å². The molecule has 80 valence electrons. The zero-order valence-electron chi connectivity index (χ0n) is 8.34. The Kier molecular flexibility index (Phi) is 7.09. The minimum Gasteiger partial charge on any atom is -0.395 e. The fraction of sp³-hybridized carbons (Fsp3) is 1.00. The lowest BCUT2D eigenvalue weighted by molar-refractivity contribution is 0.0524. The third-order valence-corrected chi connectivity index (χ3v) is 2.22. The van der Waals surface area contributed by atoms with Crippen LogP contribution < -0.4 is 0 Å². The fourth-order valence-corrected chi connectivity index (χ4v) is 1.53. The molecule has 0 rings (SSSR count). The molecule has 1 N–H and O–H groups in total. The minimum absolute atomic E-state index is 0.0524. The van der Waals surface area contributed by atoms with E-state index >= 15 is 0 Å². The fourth-order valence-electron chi connectivity index (χ4n) is 1.53. The lowest BCUT2D eigenvalue weighted by atomic mass is 10.1. The molecule has 13 heavy (non-hydrogen) atoms. The second-order valence-corrected chi connectivity index (χ2v) is 3.08. The first kappa shape index (κ1) is 12.8. The topological polar surface area (TPSA) is 23.5 Å². The van der Waals surface area contributed by atoms with Crippen LogP contribution in [0.3, 0.4) is 0 Å². The number of aliphatic hydroxyl groups excluding tert-OH is 1. The molecule has 0 aliphatic rings. The molecule has 0 bridgehead atoms. The van der Waals surface area contributed by atoms with Crippen molar-refractivity contribution in [3.63, 3.8) is 0 Å². The summed E-state index contributed by atoms with van der Waals surface area (Å²) in [5.74, 6) is 0. The molecule has 4 heteroatoms. The third-order valence-electron chi connectivity index (χ3n) is 2.22. The highest BCUT2D eigenvalue weighted by molar-refractivity contribution is 4.69. The number of hydrogen-bond acceptors (Lipinski definition) is 2. The van der Waals surface area contributed by atoms with Crippen LogP contribution in [0.4, 0.5) is 8.78 Å². The van der Waals surface area contributed by atoms with Crippen molar-refractivity contribution in [1.29, 1.82) is 0 Å². The largest absolute Gasteiger partial charge is 0.395 e. The molecule has 0 heterocycles.